The Hall–Kier alpha value is -3.53. The van der Waals surface area contributed by atoms with Crippen LogP contribution >= 0.6 is 0 Å². The molecular formula is C18H17N3O4. The number of aliphatic imine (C=N–C) groups is 2. The minimum absolute atomic E-state index is 0.356. The lowest BCUT2D eigenvalue weighted by Gasteiger charge is -2.22. The van der Waals surface area contributed by atoms with E-state index in [1.54, 1.807) is 55.5 Å². The molecule has 2 N–H and O–H groups in total. The summed E-state index contributed by atoms with van der Waals surface area (Å²) in [6.45, 7) is 2.06. The van der Waals surface area contributed by atoms with Gasteiger partial charge >= 0.3 is 6.09 Å². The number of rotatable bonds is 5. The van der Waals surface area contributed by atoms with Crippen molar-refractivity contribution < 1.29 is 19.1 Å². The Morgan fingerprint density at radius 1 is 0.960 bits per heavy atom. The third-order valence-electron chi connectivity index (χ3n) is 3.05. The predicted octanol–water partition coefficient (Wildman–Crippen LogP) is 2.66. The minimum atomic E-state index is -1.41. The highest BCUT2D eigenvalue weighted by atomic mass is 16.5. The van der Waals surface area contributed by atoms with E-state index in [2.05, 4.69) is 20.5 Å². The lowest BCUT2D eigenvalue weighted by molar-refractivity contribution is 0.163. The molecule has 0 spiro atoms. The molecule has 0 unspecified atom stereocenters. The van der Waals surface area contributed by atoms with E-state index < -0.39 is 11.8 Å². The zero-order chi connectivity index (χ0) is 18.5. The van der Waals surface area contributed by atoms with Crippen molar-refractivity contribution in [2.75, 3.05) is 6.61 Å². The standard InChI is InChI=1S/C15H10N2O2.C3H7NO2/c18-11-16-15(17-12-19,13-7-3-1-4-8-13)14-9-5-2-6-10-14;1-2-6-3(4)5/h1-10H;2H2,1H3,(H2,4,5). The molecule has 0 aliphatic rings. The van der Waals surface area contributed by atoms with Crippen LogP contribution in [0.15, 0.2) is 70.6 Å². The van der Waals surface area contributed by atoms with Gasteiger partial charge < -0.3 is 10.5 Å². The highest BCUT2D eigenvalue weighted by Gasteiger charge is 2.33. The summed E-state index contributed by atoms with van der Waals surface area (Å²) in [5, 5.41) is 0. The Balaban J connectivity index is 0.000000450. The maximum Gasteiger partial charge on any atom is 0.404 e. The van der Waals surface area contributed by atoms with Crippen LogP contribution in [0.4, 0.5) is 4.79 Å². The number of amides is 1. The first kappa shape index (κ1) is 19.5. The molecule has 2 aromatic carbocycles. The minimum Gasteiger partial charge on any atom is -0.450 e. The Kier molecular flexibility index (Phi) is 8.03. The Labute approximate surface area is 144 Å². The van der Waals surface area contributed by atoms with Gasteiger partial charge in [-0.1, -0.05) is 60.7 Å². The fourth-order valence-electron chi connectivity index (χ4n) is 2.07. The van der Waals surface area contributed by atoms with Gasteiger partial charge in [0.05, 0.1) is 6.61 Å². The molecule has 0 saturated heterocycles. The second-order valence-electron chi connectivity index (χ2n) is 4.56. The molecule has 2 aromatic rings. The number of carbonyl (C=O) groups excluding carboxylic acids is 3. The van der Waals surface area contributed by atoms with Crippen LogP contribution in [0.3, 0.4) is 0 Å². The molecule has 0 aliphatic carbocycles. The number of hydrogen-bond acceptors (Lipinski definition) is 6. The maximum absolute atomic E-state index is 10.8. The first-order valence-corrected chi connectivity index (χ1v) is 7.32. The summed E-state index contributed by atoms with van der Waals surface area (Å²) in [6, 6.07) is 17.8. The summed E-state index contributed by atoms with van der Waals surface area (Å²) < 4.78 is 4.18. The molecule has 0 saturated carbocycles. The number of carbonyl (C=O) groups is 1. The van der Waals surface area contributed by atoms with Gasteiger partial charge in [-0.05, 0) is 6.92 Å². The molecule has 7 heteroatoms. The largest absolute Gasteiger partial charge is 0.450 e. The van der Waals surface area contributed by atoms with Gasteiger partial charge in [0.2, 0.25) is 17.8 Å². The highest BCUT2D eigenvalue weighted by molar-refractivity contribution is 5.64. The lowest BCUT2D eigenvalue weighted by atomic mass is 9.92. The van der Waals surface area contributed by atoms with Gasteiger partial charge in [0, 0.05) is 11.1 Å². The van der Waals surface area contributed by atoms with Crippen molar-refractivity contribution in [3.63, 3.8) is 0 Å². The number of isocyanates is 2. The Morgan fingerprint density at radius 3 is 1.60 bits per heavy atom. The topological polar surface area (TPSA) is 111 Å². The summed E-state index contributed by atoms with van der Waals surface area (Å²) in [7, 11) is 0. The van der Waals surface area contributed by atoms with Gasteiger partial charge in [0.15, 0.2) is 0 Å². The van der Waals surface area contributed by atoms with Crippen LogP contribution in [-0.2, 0) is 20.0 Å². The fourth-order valence-corrected chi connectivity index (χ4v) is 2.07. The predicted molar refractivity (Wildman–Crippen MR) is 91.1 cm³/mol. The van der Waals surface area contributed by atoms with E-state index in [0.717, 1.165) is 0 Å². The number of nitrogens with zero attached hydrogens (tertiary/aromatic N) is 2. The van der Waals surface area contributed by atoms with Crippen LogP contribution in [0.2, 0.25) is 0 Å². The molecule has 25 heavy (non-hydrogen) atoms. The second kappa shape index (κ2) is 10.3. The van der Waals surface area contributed by atoms with E-state index >= 15 is 0 Å². The van der Waals surface area contributed by atoms with Crippen molar-refractivity contribution in [1.82, 2.24) is 0 Å². The number of primary amides is 1. The van der Waals surface area contributed by atoms with Gasteiger partial charge in [-0.25, -0.2) is 14.4 Å². The van der Waals surface area contributed by atoms with E-state index in [1.165, 1.54) is 12.2 Å². The third-order valence-corrected chi connectivity index (χ3v) is 3.05. The normalized spacial score (nSPS) is 9.48. The quantitative estimate of drug-likeness (QED) is 0.666. The number of benzene rings is 2. The smallest absolute Gasteiger partial charge is 0.404 e. The Bertz CT molecular complexity index is 706. The molecule has 0 fully saturated rings. The zero-order valence-corrected chi connectivity index (χ0v) is 13.6. The van der Waals surface area contributed by atoms with Crippen LogP contribution in [-0.4, -0.2) is 24.9 Å². The summed E-state index contributed by atoms with van der Waals surface area (Å²) in [5.74, 6) is 0. The zero-order valence-electron chi connectivity index (χ0n) is 13.6. The summed E-state index contributed by atoms with van der Waals surface area (Å²) in [6.07, 6.45) is 2.27. The molecule has 0 radical (unpaired) electrons. The molecule has 7 nitrogen and oxygen atoms in total. The van der Waals surface area contributed by atoms with Crippen LogP contribution < -0.4 is 5.73 Å². The summed E-state index contributed by atoms with van der Waals surface area (Å²) >= 11 is 0. The van der Waals surface area contributed by atoms with Crippen LogP contribution in [0.1, 0.15) is 18.1 Å². The molecule has 0 aliphatic heterocycles. The number of nitrogens with two attached hydrogens (primary N) is 1. The van der Waals surface area contributed by atoms with Gasteiger partial charge in [-0.2, -0.15) is 9.98 Å². The highest BCUT2D eigenvalue weighted by Crippen LogP contribution is 2.34. The van der Waals surface area contributed by atoms with Crippen molar-refractivity contribution in [3.8, 4) is 0 Å². The second-order valence-corrected chi connectivity index (χ2v) is 4.56. The van der Waals surface area contributed by atoms with E-state index in [9.17, 15) is 14.4 Å². The number of hydrogen-bond donors (Lipinski definition) is 1. The van der Waals surface area contributed by atoms with Crippen LogP contribution in [0, 0.1) is 0 Å². The first-order valence-electron chi connectivity index (χ1n) is 7.32. The van der Waals surface area contributed by atoms with Crippen molar-refractivity contribution in [2.45, 2.75) is 12.6 Å². The molecule has 0 heterocycles. The Morgan fingerprint density at radius 2 is 1.36 bits per heavy atom. The average Bonchev–Trinajstić information content (AvgIpc) is 2.63. The van der Waals surface area contributed by atoms with E-state index in [4.69, 9.17) is 0 Å². The van der Waals surface area contributed by atoms with Crippen molar-refractivity contribution in [1.29, 1.82) is 0 Å². The van der Waals surface area contributed by atoms with E-state index in [-0.39, 0.29) is 0 Å². The molecular weight excluding hydrogens is 322 g/mol. The SMILES string of the molecule is CCOC(N)=O.O=C=NC(N=C=O)(c1ccccc1)c1ccccc1. The third kappa shape index (κ3) is 5.55. The first-order chi connectivity index (χ1) is 12.1. The van der Waals surface area contributed by atoms with Crippen molar-refractivity contribution in [2.24, 2.45) is 15.7 Å². The van der Waals surface area contributed by atoms with Gasteiger partial charge in [-0.3, -0.25) is 0 Å². The van der Waals surface area contributed by atoms with Gasteiger partial charge in [0.25, 0.3) is 0 Å². The summed E-state index contributed by atoms with van der Waals surface area (Å²) in [4.78, 5) is 38.6. The van der Waals surface area contributed by atoms with Crippen molar-refractivity contribution >= 4 is 18.3 Å². The molecule has 0 aromatic heterocycles. The lowest BCUT2D eigenvalue weighted by Crippen LogP contribution is -2.22. The van der Waals surface area contributed by atoms with Crippen LogP contribution in [0.5, 0.6) is 0 Å². The molecule has 1 amide bonds. The van der Waals surface area contributed by atoms with Gasteiger partial charge in [0.1, 0.15) is 0 Å². The van der Waals surface area contributed by atoms with E-state index in [0.29, 0.717) is 17.7 Å². The molecule has 0 bridgehead atoms. The molecule has 0 atom stereocenters. The number of ether oxygens (including phenoxy) is 1. The van der Waals surface area contributed by atoms with Crippen molar-refractivity contribution in [3.05, 3.63) is 71.8 Å². The fraction of sp³-hybridized carbons (Fsp3) is 0.167. The van der Waals surface area contributed by atoms with Gasteiger partial charge in [-0.15, -0.1) is 0 Å². The maximum atomic E-state index is 10.8. The molecule has 128 valence electrons. The summed E-state index contributed by atoms with van der Waals surface area (Å²) in [5.41, 5.74) is 4.34. The average molecular weight is 339 g/mol. The molecule has 2 rings (SSSR count). The van der Waals surface area contributed by atoms with Crippen LogP contribution in [0.25, 0.3) is 0 Å². The monoisotopic (exact) mass is 339 g/mol. The van der Waals surface area contributed by atoms with E-state index in [1.807, 2.05) is 12.1 Å².